The van der Waals surface area contributed by atoms with Crippen LogP contribution in [0.1, 0.15) is 64.7 Å². The molecule has 192 valence electrons. The fourth-order valence-corrected chi connectivity index (χ4v) is 5.97. The Morgan fingerprint density at radius 2 is 1.77 bits per heavy atom. The van der Waals surface area contributed by atoms with Crippen molar-refractivity contribution in [3.05, 3.63) is 0 Å². The van der Waals surface area contributed by atoms with Gasteiger partial charge < -0.3 is 20.2 Å². The normalized spacial score (nSPS) is 31.7. The molecule has 4 rings (SSSR count). The van der Waals surface area contributed by atoms with Crippen molar-refractivity contribution in [2.24, 2.45) is 16.9 Å². The number of hydrazone groups is 1. The molecule has 2 aliphatic carbocycles. The van der Waals surface area contributed by atoms with E-state index in [1.807, 2.05) is 6.92 Å². The highest BCUT2D eigenvalue weighted by Crippen LogP contribution is 2.34. The number of rotatable bonds is 6. The number of likely N-dealkylation sites (N-methyl/N-ethyl adjacent to an activating group) is 1. The predicted molar refractivity (Wildman–Crippen MR) is 125 cm³/mol. The number of hydrogen-bond acceptors (Lipinski definition) is 6. The number of fused-ring (bicyclic) bond motifs is 1. The summed E-state index contributed by atoms with van der Waals surface area (Å²) in [6.07, 6.45) is 4.73. The van der Waals surface area contributed by atoms with Gasteiger partial charge in [-0.25, -0.2) is 5.01 Å². The summed E-state index contributed by atoms with van der Waals surface area (Å²) in [7, 11) is 1.70. The molecule has 0 bridgehead atoms. The van der Waals surface area contributed by atoms with Crippen LogP contribution in [-0.2, 0) is 24.0 Å². The van der Waals surface area contributed by atoms with Crippen LogP contribution in [0.2, 0.25) is 0 Å². The molecule has 2 N–H and O–H groups in total. The van der Waals surface area contributed by atoms with Gasteiger partial charge in [0.2, 0.25) is 23.6 Å². The number of aliphatic carboxylic acids is 1. The maximum atomic E-state index is 13.2. The largest absolute Gasteiger partial charge is 0.481 e. The number of nitrogens with one attached hydrogen (secondary N) is 1. The number of hydrogen-bond donors (Lipinski definition) is 2. The van der Waals surface area contributed by atoms with E-state index in [4.69, 9.17) is 5.11 Å². The number of amides is 4. The van der Waals surface area contributed by atoms with E-state index in [-0.39, 0.29) is 67.2 Å². The topological polar surface area (TPSA) is 140 Å². The van der Waals surface area contributed by atoms with E-state index < -0.39 is 11.9 Å². The number of carbonyl (C=O) groups excluding carboxylic acids is 4. The van der Waals surface area contributed by atoms with Crippen molar-refractivity contribution >= 4 is 35.3 Å². The summed E-state index contributed by atoms with van der Waals surface area (Å²) in [6.45, 7) is 1.74. The third-order valence-corrected chi connectivity index (χ3v) is 7.96. The van der Waals surface area contributed by atoms with Gasteiger partial charge in [-0.2, -0.15) is 5.10 Å². The van der Waals surface area contributed by atoms with E-state index in [1.165, 1.54) is 4.90 Å². The second kappa shape index (κ2) is 10.3. The Hall–Kier alpha value is -2.98. The van der Waals surface area contributed by atoms with Crippen LogP contribution in [0.25, 0.3) is 0 Å². The van der Waals surface area contributed by atoms with Crippen LogP contribution < -0.4 is 5.32 Å². The highest BCUT2D eigenvalue weighted by Gasteiger charge is 2.44. The second-order valence-corrected chi connectivity index (χ2v) is 10.4. The number of carboxylic acid groups (broad SMARTS) is 1. The van der Waals surface area contributed by atoms with Gasteiger partial charge in [-0.1, -0.05) is 0 Å². The zero-order valence-corrected chi connectivity index (χ0v) is 20.4. The van der Waals surface area contributed by atoms with Crippen molar-refractivity contribution < 1.29 is 29.1 Å². The molecule has 2 heterocycles. The van der Waals surface area contributed by atoms with Crippen molar-refractivity contribution in [3.8, 4) is 0 Å². The summed E-state index contributed by atoms with van der Waals surface area (Å²) in [5, 5.41) is 18.1. The molecule has 2 aliphatic heterocycles. The zero-order valence-electron chi connectivity index (χ0n) is 20.4. The molecule has 0 aromatic rings. The summed E-state index contributed by atoms with van der Waals surface area (Å²) >= 11 is 0. The van der Waals surface area contributed by atoms with Gasteiger partial charge in [0, 0.05) is 37.3 Å². The minimum Gasteiger partial charge on any atom is -0.481 e. The molecule has 3 atom stereocenters. The summed E-state index contributed by atoms with van der Waals surface area (Å²) in [5.74, 6) is -2.00. The average Bonchev–Trinajstić information content (AvgIpc) is 3.14. The number of carbonyl (C=O) groups is 5. The molecule has 4 amide bonds. The summed E-state index contributed by atoms with van der Waals surface area (Å²) in [6, 6.07) is -0.357. The van der Waals surface area contributed by atoms with Crippen LogP contribution in [0.5, 0.6) is 0 Å². The molecule has 4 aliphatic rings. The lowest BCUT2D eigenvalue weighted by molar-refractivity contribution is -0.141. The zero-order chi connectivity index (χ0) is 25.3. The van der Waals surface area contributed by atoms with E-state index in [9.17, 15) is 24.0 Å². The number of carboxylic acids is 1. The molecule has 11 heteroatoms. The van der Waals surface area contributed by atoms with E-state index in [2.05, 4.69) is 10.4 Å². The van der Waals surface area contributed by atoms with E-state index in [0.717, 1.165) is 18.6 Å². The van der Waals surface area contributed by atoms with Crippen molar-refractivity contribution in [2.45, 2.75) is 82.8 Å². The molecule has 3 unspecified atom stereocenters. The molecular weight excluding hydrogens is 454 g/mol. The molecule has 0 aromatic heterocycles. The molecular formula is C24H35N5O6. The molecule has 1 saturated heterocycles. The Labute approximate surface area is 204 Å². The van der Waals surface area contributed by atoms with E-state index in [1.54, 1.807) is 17.0 Å². The minimum absolute atomic E-state index is 0.000322. The SMILES string of the molecule is CC1=NN(C2CCC(C(=O)NC3CCC4C(C3)C(=O)N(CCC(=O)O)CC(=O)N4C)CC2)C(=O)C1. The molecule has 0 spiro atoms. The second-order valence-electron chi connectivity index (χ2n) is 10.4. The van der Waals surface area contributed by atoms with Gasteiger partial charge in [0.15, 0.2) is 0 Å². The first kappa shape index (κ1) is 25.1. The summed E-state index contributed by atoms with van der Waals surface area (Å²) in [5.41, 5.74) is 0.826. The van der Waals surface area contributed by atoms with Crippen molar-refractivity contribution in [1.82, 2.24) is 20.1 Å². The minimum atomic E-state index is -1.01. The van der Waals surface area contributed by atoms with Crippen LogP contribution in [0.15, 0.2) is 5.10 Å². The molecule has 0 radical (unpaired) electrons. The van der Waals surface area contributed by atoms with E-state index in [0.29, 0.717) is 38.5 Å². The van der Waals surface area contributed by atoms with Gasteiger partial charge in [-0.3, -0.25) is 24.0 Å². The Balaban J connectivity index is 1.33. The Morgan fingerprint density at radius 3 is 2.40 bits per heavy atom. The number of nitrogens with zero attached hydrogens (tertiary/aromatic N) is 4. The monoisotopic (exact) mass is 489 g/mol. The van der Waals surface area contributed by atoms with Crippen LogP contribution in [0.3, 0.4) is 0 Å². The quantitative estimate of drug-likeness (QED) is 0.560. The van der Waals surface area contributed by atoms with Gasteiger partial charge in [0.05, 0.1) is 31.3 Å². The van der Waals surface area contributed by atoms with E-state index >= 15 is 0 Å². The van der Waals surface area contributed by atoms with Crippen LogP contribution in [0.4, 0.5) is 0 Å². The van der Waals surface area contributed by atoms with Gasteiger partial charge in [0.1, 0.15) is 0 Å². The molecule has 3 fully saturated rings. The lowest BCUT2D eigenvalue weighted by atomic mass is 9.79. The third kappa shape index (κ3) is 5.48. The smallest absolute Gasteiger partial charge is 0.305 e. The highest BCUT2D eigenvalue weighted by molar-refractivity contribution is 6.03. The highest BCUT2D eigenvalue weighted by atomic mass is 16.4. The fourth-order valence-electron chi connectivity index (χ4n) is 5.97. The van der Waals surface area contributed by atoms with Gasteiger partial charge in [-0.15, -0.1) is 0 Å². The average molecular weight is 490 g/mol. The van der Waals surface area contributed by atoms with Crippen LogP contribution >= 0.6 is 0 Å². The Bertz CT molecular complexity index is 927. The van der Waals surface area contributed by atoms with Gasteiger partial charge >= 0.3 is 5.97 Å². The Morgan fingerprint density at radius 1 is 1.06 bits per heavy atom. The fraction of sp³-hybridized carbons (Fsp3) is 0.750. The first-order valence-corrected chi connectivity index (χ1v) is 12.6. The molecule has 11 nitrogen and oxygen atoms in total. The lowest BCUT2D eigenvalue weighted by Crippen LogP contribution is -2.52. The first-order valence-electron chi connectivity index (χ1n) is 12.6. The molecule has 2 saturated carbocycles. The summed E-state index contributed by atoms with van der Waals surface area (Å²) in [4.78, 5) is 64.9. The van der Waals surface area contributed by atoms with Crippen LogP contribution in [-0.4, -0.2) is 93.5 Å². The maximum Gasteiger partial charge on any atom is 0.305 e. The molecule has 35 heavy (non-hydrogen) atoms. The van der Waals surface area contributed by atoms with Crippen LogP contribution in [0, 0.1) is 11.8 Å². The van der Waals surface area contributed by atoms with Gasteiger partial charge in [0.25, 0.3) is 0 Å². The van der Waals surface area contributed by atoms with Gasteiger partial charge in [-0.05, 0) is 51.9 Å². The standard InChI is InChI=1S/C24H35N5O6/c1-14-11-20(30)29(26-14)17-6-3-15(4-7-17)23(34)25-16-5-8-19-18(12-16)24(35)28(10-9-22(32)33)13-21(31)27(19)2/h15-19H,3-13H2,1-2H3,(H,25,34)(H,32,33). The summed E-state index contributed by atoms with van der Waals surface area (Å²) < 4.78 is 0. The lowest BCUT2D eigenvalue weighted by Gasteiger charge is -2.39. The molecule has 0 aromatic carbocycles. The van der Waals surface area contributed by atoms with Crippen molar-refractivity contribution in [1.29, 1.82) is 0 Å². The van der Waals surface area contributed by atoms with Crippen molar-refractivity contribution in [2.75, 3.05) is 20.1 Å². The third-order valence-electron chi connectivity index (χ3n) is 7.96. The maximum absolute atomic E-state index is 13.2. The first-order chi connectivity index (χ1) is 16.6. The van der Waals surface area contributed by atoms with Crippen molar-refractivity contribution in [3.63, 3.8) is 0 Å². The predicted octanol–water partition coefficient (Wildman–Crippen LogP) is 0.582. The Kier molecular flexibility index (Phi) is 7.42.